The maximum Gasteiger partial charge on any atom is 0.255 e. The highest BCUT2D eigenvalue weighted by Crippen LogP contribution is 2.21. The topological polar surface area (TPSA) is 80.0 Å². The van der Waals surface area contributed by atoms with Crippen molar-refractivity contribution in [1.29, 1.82) is 0 Å². The van der Waals surface area contributed by atoms with E-state index in [0.29, 0.717) is 5.69 Å². The minimum Gasteiger partial charge on any atom is -0.320 e. The van der Waals surface area contributed by atoms with Gasteiger partial charge in [-0.1, -0.05) is 0 Å². The molecule has 0 fully saturated rings. The summed E-state index contributed by atoms with van der Waals surface area (Å²) in [5.74, 6) is 2.46. The number of carbonyl (C=O) groups excluding carboxylic acids is 1. The van der Waals surface area contributed by atoms with Crippen molar-refractivity contribution in [2.75, 3.05) is 10.7 Å². The van der Waals surface area contributed by atoms with Gasteiger partial charge >= 0.3 is 0 Å². The van der Waals surface area contributed by atoms with Crippen LogP contribution < -0.4 is 16.6 Å². The van der Waals surface area contributed by atoms with E-state index in [4.69, 9.17) is 5.84 Å². The van der Waals surface area contributed by atoms with Crippen LogP contribution >= 0.6 is 0 Å². The summed E-state index contributed by atoms with van der Waals surface area (Å²) in [6.07, 6.45) is 3.03. The smallest absolute Gasteiger partial charge is 0.255 e. The summed E-state index contributed by atoms with van der Waals surface area (Å²) in [4.78, 5) is 15.8. The molecule has 0 aliphatic rings. The van der Waals surface area contributed by atoms with Gasteiger partial charge in [0.05, 0.1) is 11.9 Å². The molecule has 0 atom stereocenters. The van der Waals surface area contributed by atoms with Gasteiger partial charge < -0.3 is 10.7 Å². The van der Waals surface area contributed by atoms with Crippen molar-refractivity contribution in [2.45, 2.75) is 6.92 Å². The number of aryl methyl sites for hydroxylation is 1. The molecule has 1 heterocycles. The van der Waals surface area contributed by atoms with Crippen molar-refractivity contribution in [3.63, 3.8) is 0 Å². The minimum absolute atomic E-state index is 0.151. The summed E-state index contributed by atoms with van der Waals surface area (Å²) in [7, 11) is 0. The monoisotopic (exact) mass is 278 g/mol. The fourth-order valence-corrected chi connectivity index (χ4v) is 1.63. The van der Waals surface area contributed by atoms with Crippen molar-refractivity contribution in [1.82, 2.24) is 4.98 Å². The van der Waals surface area contributed by atoms with Gasteiger partial charge in [-0.15, -0.1) is 0 Å². The molecule has 20 heavy (non-hydrogen) atoms. The van der Waals surface area contributed by atoms with Crippen LogP contribution in [-0.4, -0.2) is 10.9 Å². The molecule has 5 nitrogen and oxygen atoms in total. The first-order chi connectivity index (χ1) is 9.52. The summed E-state index contributed by atoms with van der Waals surface area (Å²) in [6.45, 7) is 1.78. The number of amides is 1. The average Bonchev–Trinajstić information content (AvgIpc) is 2.41. The Morgan fingerprint density at radius 3 is 2.50 bits per heavy atom. The summed E-state index contributed by atoms with van der Waals surface area (Å²) in [5, 5.41) is 2.53. The highest BCUT2D eigenvalue weighted by atomic mass is 19.1. The number of hydrazine groups is 1. The number of halogens is 2. The number of hydrogen-bond acceptors (Lipinski definition) is 4. The van der Waals surface area contributed by atoms with Gasteiger partial charge in [0, 0.05) is 11.8 Å². The van der Waals surface area contributed by atoms with Crippen LogP contribution in [0.1, 0.15) is 15.9 Å². The molecule has 7 heteroatoms. The Labute approximate surface area is 113 Å². The number of anilines is 2. The van der Waals surface area contributed by atoms with Crippen LogP contribution in [0.15, 0.2) is 30.6 Å². The minimum atomic E-state index is -0.944. The molecule has 2 aromatic rings. The third-order valence-electron chi connectivity index (χ3n) is 2.74. The number of nitrogens with one attached hydrogen (secondary N) is 2. The Balaban J connectivity index is 2.29. The zero-order chi connectivity index (χ0) is 14.7. The van der Waals surface area contributed by atoms with Crippen molar-refractivity contribution < 1.29 is 13.6 Å². The Kier molecular flexibility index (Phi) is 3.90. The molecule has 0 unspecified atom stereocenters. The average molecular weight is 278 g/mol. The molecule has 1 amide bonds. The summed E-state index contributed by atoms with van der Waals surface area (Å²) in [6, 6.07) is 3.51. The maximum absolute atomic E-state index is 13.5. The second kappa shape index (κ2) is 5.62. The van der Waals surface area contributed by atoms with E-state index in [1.165, 1.54) is 6.20 Å². The molecular weight excluding hydrogens is 266 g/mol. The standard InChI is InChI=1S/C13H12F2N4O/c1-7-2-3-17-6-11(7)18-13(20)8-4-9(14)12(19-16)10(15)5-8/h2-6,19H,16H2,1H3,(H,18,20). The Hall–Kier alpha value is -2.54. The number of nitrogens with two attached hydrogens (primary N) is 1. The lowest BCUT2D eigenvalue weighted by molar-refractivity contribution is 0.102. The summed E-state index contributed by atoms with van der Waals surface area (Å²) >= 11 is 0. The van der Waals surface area contributed by atoms with Crippen molar-refractivity contribution in [2.24, 2.45) is 5.84 Å². The summed E-state index contributed by atoms with van der Waals surface area (Å²) < 4.78 is 27.0. The van der Waals surface area contributed by atoms with Gasteiger partial charge in [0.15, 0.2) is 11.6 Å². The van der Waals surface area contributed by atoms with Gasteiger partial charge in [-0.05, 0) is 30.7 Å². The molecule has 0 saturated heterocycles. The second-order valence-corrected chi connectivity index (χ2v) is 4.10. The van der Waals surface area contributed by atoms with E-state index in [0.717, 1.165) is 17.7 Å². The zero-order valence-corrected chi connectivity index (χ0v) is 10.6. The molecule has 0 aliphatic carbocycles. The number of nitrogens with zero attached hydrogens (tertiary/aromatic N) is 1. The maximum atomic E-state index is 13.5. The molecule has 1 aromatic heterocycles. The molecule has 4 N–H and O–H groups in total. The van der Waals surface area contributed by atoms with Gasteiger partial charge in [0.1, 0.15) is 5.69 Å². The number of aromatic nitrogens is 1. The molecule has 2 rings (SSSR count). The van der Waals surface area contributed by atoms with Crippen LogP contribution in [0, 0.1) is 18.6 Å². The molecule has 1 aromatic carbocycles. The van der Waals surface area contributed by atoms with Gasteiger partial charge in [-0.25, -0.2) is 8.78 Å². The fraction of sp³-hybridized carbons (Fsp3) is 0.0769. The number of nitrogen functional groups attached to an aromatic ring is 1. The number of pyridine rings is 1. The number of rotatable bonds is 3. The largest absolute Gasteiger partial charge is 0.320 e. The third kappa shape index (κ3) is 2.72. The normalized spacial score (nSPS) is 10.2. The van der Waals surface area contributed by atoms with Gasteiger partial charge in [-0.2, -0.15) is 0 Å². The Bertz CT molecular complexity index is 638. The molecule has 104 valence electrons. The van der Waals surface area contributed by atoms with E-state index in [2.05, 4.69) is 10.3 Å². The number of carbonyl (C=O) groups is 1. The molecular formula is C13H12F2N4O. The first kappa shape index (κ1) is 13.9. The lowest BCUT2D eigenvalue weighted by atomic mass is 10.1. The van der Waals surface area contributed by atoms with Crippen molar-refractivity contribution >= 4 is 17.3 Å². The first-order valence-corrected chi connectivity index (χ1v) is 5.70. The van der Waals surface area contributed by atoms with Crippen molar-refractivity contribution in [3.05, 3.63) is 53.4 Å². The lowest BCUT2D eigenvalue weighted by Gasteiger charge is -2.09. The fourth-order valence-electron chi connectivity index (χ4n) is 1.63. The highest BCUT2D eigenvalue weighted by Gasteiger charge is 2.15. The van der Waals surface area contributed by atoms with Gasteiger partial charge in [-0.3, -0.25) is 15.6 Å². The van der Waals surface area contributed by atoms with Gasteiger partial charge in [0.2, 0.25) is 0 Å². The second-order valence-electron chi connectivity index (χ2n) is 4.10. The third-order valence-corrected chi connectivity index (χ3v) is 2.74. The summed E-state index contributed by atoms with van der Waals surface area (Å²) in [5.41, 5.74) is 2.52. The van der Waals surface area contributed by atoms with E-state index in [1.807, 2.05) is 5.43 Å². The highest BCUT2D eigenvalue weighted by molar-refractivity contribution is 6.04. The zero-order valence-electron chi connectivity index (χ0n) is 10.6. The van der Waals surface area contributed by atoms with E-state index >= 15 is 0 Å². The molecule has 0 aliphatic heterocycles. The van der Waals surface area contributed by atoms with Crippen LogP contribution in [0.4, 0.5) is 20.2 Å². The van der Waals surface area contributed by atoms with Crippen LogP contribution in [0.2, 0.25) is 0 Å². The Morgan fingerprint density at radius 1 is 1.30 bits per heavy atom. The number of benzene rings is 1. The number of hydrogen-bond donors (Lipinski definition) is 3. The first-order valence-electron chi connectivity index (χ1n) is 5.70. The SMILES string of the molecule is Cc1ccncc1NC(=O)c1cc(F)c(NN)c(F)c1. The van der Waals surface area contributed by atoms with E-state index in [1.54, 1.807) is 19.2 Å². The Morgan fingerprint density at radius 2 is 1.95 bits per heavy atom. The lowest BCUT2D eigenvalue weighted by Crippen LogP contribution is -2.16. The molecule has 0 radical (unpaired) electrons. The quantitative estimate of drug-likeness (QED) is 0.594. The van der Waals surface area contributed by atoms with E-state index < -0.39 is 23.2 Å². The van der Waals surface area contributed by atoms with Crippen LogP contribution in [0.5, 0.6) is 0 Å². The van der Waals surface area contributed by atoms with Crippen molar-refractivity contribution in [3.8, 4) is 0 Å². The van der Waals surface area contributed by atoms with E-state index in [-0.39, 0.29) is 5.56 Å². The predicted molar refractivity (Wildman–Crippen MR) is 71.1 cm³/mol. The van der Waals surface area contributed by atoms with Crippen LogP contribution in [0.3, 0.4) is 0 Å². The molecule has 0 bridgehead atoms. The molecule has 0 spiro atoms. The van der Waals surface area contributed by atoms with Crippen LogP contribution in [-0.2, 0) is 0 Å². The predicted octanol–water partition coefficient (Wildman–Crippen LogP) is 2.21. The van der Waals surface area contributed by atoms with Crippen LogP contribution in [0.25, 0.3) is 0 Å². The van der Waals surface area contributed by atoms with E-state index in [9.17, 15) is 13.6 Å². The van der Waals surface area contributed by atoms with Gasteiger partial charge in [0.25, 0.3) is 5.91 Å². The molecule has 0 saturated carbocycles.